The number of nitrogens with zero attached hydrogens (tertiary/aromatic N) is 2. The third-order valence-corrected chi connectivity index (χ3v) is 3.33. The number of rotatable bonds is 4. The Morgan fingerprint density at radius 2 is 2.00 bits per heavy atom. The summed E-state index contributed by atoms with van der Waals surface area (Å²) in [5, 5.41) is 11.8. The highest BCUT2D eigenvalue weighted by molar-refractivity contribution is 5.94. The van der Waals surface area contributed by atoms with Crippen LogP contribution in [0.3, 0.4) is 0 Å². The van der Waals surface area contributed by atoms with Crippen LogP contribution < -0.4 is 10.2 Å². The van der Waals surface area contributed by atoms with Crippen LogP contribution in [0.1, 0.15) is 16.9 Å². The van der Waals surface area contributed by atoms with Crippen LogP contribution in [0.2, 0.25) is 0 Å². The van der Waals surface area contributed by atoms with Crippen molar-refractivity contribution in [3.8, 4) is 6.07 Å². The molecule has 0 radical (unpaired) electrons. The lowest BCUT2D eigenvalue weighted by Gasteiger charge is -2.18. The summed E-state index contributed by atoms with van der Waals surface area (Å²) in [4.78, 5) is 13.9. The molecule has 0 spiro atoms. The van der Waals surface area contributed by atoms with E-state index in [2.05, 4.69) is 11.4 Å². The zero-order valence-corrected chi connectivity index (χ0v) is 12.3. The van der Waals surface area contributed by atoms with Crippen molar-refractivity contribution >= 4 is 17.5 Å². The molecule has 1 aromatic carbocycles. The van der Waals surface area contributed by atoms with Crippen LogP contribution in [-0.4, -0.2) is 19.5 Å². The maximum Gasteiger partial charge on any atom is 0.246 e. The molecule has 5 nitrogen and oxygen atoms in total. The molecule has 2 rings (SSSR count). The molecule has 108 valence electrons. The lowest BCUT2D eigenvalue weighted by molar-refractivity contribution is -0.115. The van der Waals surface area contributed by atoms with Crippen LogP contribution in [0.4, 0.5) is 11.6 Å². The average Bonchev–Trinajstić information content (AvgIpc) is 2.73. The van der Waals surface area contributed by atoms with Crippen LogP contribution in [-0.2, 0) is 4.79 Å². The van der Waals surface area contributed by atoms with Crippen LogP contribution in [0, 0.1) is 25.2 Å². The number of para-hydroxylation sites is 1. The van der Waals surface area contributed by atoms with E-state index in [0.29, 0.717) is 11.3 Å². The number of aryl methyl sites for hydroxylation is 1. The Morgan fingerprint density at radius 1 is 1.33 bits per heavy atom. The first-order valence-electron chi connectivity index (χ1n) is 6.59. The first-order chi connectivity index (χ1) is 10.0. The van der Waals surface area contributed by atoms with E-state index in [1.165, 1.54) is 0 Å². The van der Waals surface area contributed by atoms with Crippen LogP contribution in [0.25, 0.3) is 0 Å². The second-order valence-electron chi connectivity index (χ2n) is 4.84. The molecule has 1 N–H and O–H groups in total. The van der Waals surface area contributed by atoms with Gasteiger partial charge >= 0.3 is 0 Å². The van der Waals surface area contributed by atoms with Crippen molar-refractivity contribution in [1.29, 1.82) is 5.26 Å². The van der Waals surface area contributed by atoms with Gasteiger partial charge in [-0.3, -0.25) is 10.1 Å². The van der Waals surface area contributed by atoms with Gasteiger partial charge in [0.2, 0.25) is 11.8 Å². The Morgan fingerprint density at radius 3 is 2.62 bits per heavy atom. The van der Waals surface area contributed by atoms with Gasteiger partial charge in [0, 0.05) is 18.3 Å². The van der Waals surface area contributed by atoms with E-state index in [1.807, 2.05) is 42.3 Å². The zero-order chi connectivity index (χ0) is 15.4. The molecule has 21 heavy (non-hydrogen) atoms. The van der Waals surface area contributed by atoms with Gasteiger partial charge < -0.3 is 9.32 Å². The minimum Gasteiger partial charge on any atom is -0.444 e. The fraction of sp³-hybridized carbons (Fsp3) is 0.250. The van der Waals surface area contributed by atoms with Crippen molar-refractivity contribution in [3.05, 3.63) is 47.2 Å². The number of nitriles is 1. The standard InChI is InChI=1S/C16H17N3O2/c1-11-12(2)21-16(14(11)9-17)18-15(20)10-19(3)13-7-5-4-6-8-13/h4-8H,10H2,1-3H3,(H,18,20). The largest absolute Gasteiger partial charge is 0.444 e. The fourth-order valence-electron chi connectivity index (χ4n) is 2.00. The van der Waals surface area contributed by atoms with Gasteiger partial charge in [0.25, 0.3) is 0 Å². The van der Waals surface area contributed by atoms with Gasteiger partial charge in [-0.1, -0.05) is 18.2 Å². The summed E-state index contributed by atoms with van der Waals surface area (Å²) < 4.78 is 5.42. The smallest absolute Gasteiger partial charge is 0.246 e. The van der Waals surface area contributed by atoms with Gasteiger partial charge in [-0.25, -0.2) is 0 Å². The molecule has 1 heterocycles. The monoisotopic (exact) mass is 283 g/mol. The Labute approximate surface area is 123 Å². The summed E-state index contributed by atoms with van der Waals surface area (Å²) in [5.41, 5.74) is 2.08. The number of likely N-dealkylation sites (N-methyl/N-ethyl adjacent to an activating group) is 1. The molecule has 0 saturated carbocycles. The quantitative estimate of drug-likeness (QED) is 0.936. The normalized spacial score (nSPS) is 10.0. The molecule has 0 aliphatic carbocycles. The van der Waals surface area contributed by atoms with Gasteiger partial charge in [0.05, 0.1) is 6.54 Å². The molecule has 0 aliphatic rings. The summed E-state index contributed by atoms with van der Waals surface area (Å²) in [6, 6.07) is 11.7. The second kappa shape index (κ2) is 6.14. The van der Waals surface area contributed by atoms with Crippen LogP contribution in [0.15, 0.2) is 34.7 Å². The molecule has 0 atom stereocenters. The molecular weight excluding hydrogens is 266 g/mol. The maximum atomic E-state index is 12.1. The molecule has 0 bridgehead atoms. The van der Waals surface area contributed by atoms with Gasteiger partial charge in [-0.2, -0.15) is 5.26 Å². The third-order valence-electron chi connectivity index (χ3n) is 3.33. The van der Waals surface area contributed by atoms with E-state index in [0.717, 1.165) is 11.3 Å². The highest BCUT2D eigenvalue weighted by atomic mass is 16.4. The van der Waals surface area contributed by atoms with Crippen molar-refractivity contribution in [3.63, 3.8) is 0 Å². The number of anilines is 2. The lowest BCUT2D eigenvalue weighted by Crippen LogP contribution is -2.30. The lowest BCUT2D eigenvalue weighted by atomic mass is 10.2. The van der Waals surface area contributed by atoms with E-state index < -0.39 is 0 Å². The molecule has 5 heteroatoms. The predicted octanol–water partition coefficient (Wildman–Crippen LogP) is 2.84. The number of benzene rings is 1. The number of nitrogens with one attached hydrogen (secondary N) is 1. The number of carbonyl (C=O) groups excluding carboxylic acids is 1. The Kier molecular flexibility index (Phi) is 4.29. The molecule has 1 amide bonds. The Hall–Kier alpha value is -2.74. The SMILES string of the molecule is Cc1oc(NC(=O)CN(C)c2ccccc2)c(C#N)c1C. The van der Waals surface area contributed by atoms with Crippen molar-refractivity contribution in [2.24, 2.45) is 0 Å². The number of carbonyl (C=O) groups is 1. The highest BCUT2D eigenvalue weighted by Gasteiger charge is 2.17. The van der Waals surface area contributed by atoms with Crippen LogP contribution in [0.5, 0.6) is 0 Å². The summed E-state index contributed by atoms with van der Waals surface area (Å²) in [6.07, 6.45) is 0. The van der Waals surface area contributed by atoms with Gasteiger partial charge in [-0.05, 0) is 26.0 Å². The topological polar surface area (TPSA) is 69.3 Å². The van der Waals surface area contributed by atoms with Gasteiger partial charge in [0.15, 0.2) is 0 Å². The summed E-state index contributed by atoms with van der Waals surface area (Å²) >= 11 is 0. The highest BCUT2D eigenvalue weighted by Crippen LogP contribution is 2.25. The average molecular weight is 283 g/mol. The second-order valence-corrected chi connectivity index (χ2v) is 4.84. The minimum atomic E-state index is -0.230. The Bertz CT molecular complexity index is 684. The Balaban J connectivity index is 2.06. The van der Waals surface area contributed by atoms with Crippen molar-refractivity contribution in [2.75, 3.05) is 23.8 Å². The molecule has 0 unspecified atom stereocenters. The van der Waals surface area contributed by atoms with E-state index >= 15 is 0 Å². The van der Waals surface area contributed by atoms with Crippen molar-refractivity contribution < 1.29 is 9.21 Å². The fourth-order valence-corrected chi connectivity index (χ4v) is 2.00. The first kappa shape index (κ1) is 14.7. The summed E-state index contributed by atoms with van der Waals surface area (Å²) in [5.74, 6) is 0.629. The maximum absolute atomic E-state index is 12.1. The number of amides is 1. The minimum absolute atomic E-state index is 0.174. The first-order valence-corrected chi connectivity index (χ1v) is 6.59. The number of hydrogen-bond acceptors (Lipinski definition) is 4. The molecular formula is C16H17N3O2. The van der Waals surface area contributed by atoms with E-state index in [-0.39, 0.29) is 18.3 Å². The van der Waals surface area contributed by atoms with Crippen LogP contribution >= 0.6 is 0 Å². The number of furan rings is 1. The van der Waals surface area contributed by atoms with Gasteiger partial charge in [0.1, 0.15) is 17.4 Å². The summed E-state index contributed by atoms with van der Waals surface area (Å²) in [7, 11) is 1.83. The zero-order valence-electron chi connectivity index (χ0n) is 12.3. The molecule has 2 aromatic rings. The molecule has 1 aromatic heterocycles. The van der Waals surface area contributed by atoms with E-state index in [1.54, 1.807) is 13.8 Å². The van der Waals surface area contributed by atoms with Crippen molar-refractivity contribution in [1.82, 2.24) is 0 Å². The molecule has 0 saturated heterocycles. The number of hydrogen-bond donors (Lipinski definition) is 1. The van der Waals surface area contributed by atoms with Crippen molar-refractivity contribution in [2.45, 2.75) is 13.8 Å². The third kappa shape index (κ3) is 3.23. The molecule has 0 fully saturated rings. The molecule has 0 aliphatic heterocycles. The summed E-state index contributed by atoms with van der Waals surface area (Å²) in [6.45, 7) is 3.73. The van der Waals surface area contributed by atoms with Gasteiger partial charge in [-0.15, -0.1) is 0 Å². The van der Waals surface area contributed by atoms with E-state index in [9.17, 15) is 4.79 Å². The van der Waals surface area contributed by atoms with E-state index in [4.69, 9.17) is 9.68 Å². The predicted molar refractivity (Wildman–Crippen MR) is 81.2 cm³/mol.